The zero-order chi connectivity index (χ0) is 7.33. The van der Waals surface area contributed by atoms with Gasteiger partial charge in [-0.25, -0.2) is 0 Å². The van der Waals surface area contributed by atoms with Gasteiger partial charge in [-0.1, -0.05) is 0 Å². The van der Waals surface area contributed by atoms with E-state index in [0.29, 0.717) is 0 Å². The minimum atomic E-state index is -3.51. The van der Waals surface area contributed by atoms with Gasteiger partial charge in [-0.2, -0.15) is 0 Å². The van der Waals surface area contributed by atoms with Gasteiger partial charge in [0, 0.05) is 0 Å². The van der Waals surface area contributed by atoms with E-state index in [0.717, 1.165) is 0 Å². The first-order chi connectivity index (χ1) is 4.24. The molecule has 0 atom stereocenters. The zero-order valence-corrected chi connectivity index (χ0v) is 9.34. The number of hydrogen-bond donors (Lipinski definition) is 0. The monoisotopic (exact) mass is 266 g/mol. The van der Waals surface area contributed by atoms with Crippen LogP contribution in [-0.2, 0) is 4.26 Å². The van der Waals surface area contributed by atoms with Crippen molar-refractivity contribution < 1.29 is 39.2 Å². The summed E-state index contributed by atoms with van der Waals surface area (Å²) < 4.78 is 19.8. The Hall–Kier alpha value is 1.19. The first kappa shape index (κ1) is 10.2. The molecular formula is C4H12NdO4. The summed E-state index contributed by atoms with van der Waals surface area (Å²) in [6, 6.07) is 0. The summed E-state index contributed by atoms with van der Waals surface area (Å²) in [6.45, 7) is 0. The molecule has 0 amide bonds. The first-order valence-electron chi connectivity index (χ1n) is 2.45. The van der Waals surface area contributed by atoms with Gasteiger partial charge in [-0.15, -0.1) is 0 Å². The van der Waals surface area contributed by atoms with Gasteiger partial charge in [0.25, 0.3) is 0 Å². The second kappa shape index (κ2) is 4.92. The van der Waals surface area contributed by atoms with Crippen molar-refractivity contribution in [3.8, 4) is 0 Å². The Kier molecular flexibility index (Phi) is 5.57. The Morgan fingerprint density at radius 2 is 0.889 bits per heavy atom. The predicted octanol–water partition coefficient (Wildman–Crippen LogP) is 0.388. The van der Waals surface area contributed by atoms with Gasteiger partial charge in [0.2, 0.25) is 0 Å². The van der Waals surface area contributed by atoms with Crippen molar-refractivity contribution >= 4 is 0 Å². The van der Waals surface area contributed by atoms with Crippen LogP contribution in [0.1, 0.15) is 0 Å². The molecule has 0 N–H and O–H groups in total. The molecule has 0 aliphatic rings. The van der Waals surface area contributed by atoms with E-state index in [1.54, 1.807) is 0 Å². The van der Waals surface area contributed by atoms with Crippen LogP contribution in [0.4, 0.5) is 0 Å². The van der Waals surface area contributed by atoms with E-state index >= 15 is 0 Å². The first-order valence-corrected chi connectivity index (χ1v) is 7.69. The summed E-state index contributed by atoms with van der Waals surface area (Å²) in [5.74, 6) is 0. The standard InChI is InChI=1S/4CH3O.Nd/c4*1-2;/h4*1H3;/q4*-1;+4. The third-order valence-electron chi connectivity index (χ3n) is 1.00. The third kappa shape index (κ3) is 2.73. The van der Waals surface area contributed by atoms with Gasteiger partial charge >= 0.3 is 67.6 Å². The molecule has 0 aliphatic carbocycles. The van der Waals surface area contributed by atoms with Gasteiger partial charge < -0.3 is 0 Å². The molecule has 0 aliphatic heterocycles. The molecule has 5 heteroatoms. The van der Waals surface area contributed by atoms with Crippen LogP contribution in [0.5, 0.6) is 0 Å². The van der Waals surface area contributed by atoms with Crippen molar-refractivity contribution in [2.24, 2.45) is 0 Å². The Morgan fingerprint density at radius 3 is 0.889 bits per heavy atom. The van der Waals surface area contributed by atoms with Gasteiger partial charge in [0.05, 0.1) is 0 Å². The molecule has 0 aromatic carbocycles. The van der Waals surface area contributed by atoms with Crippen LogP contribution in [0.2, 0.25) is 0 Å². The van der Waals surface area contributed by atoms with Crippen LogP contribution in [0.15, 0.2) is 0 Å². The molecule has 56 valence electrons. The average Bonchev–Trinajstić information content (AvgIpc) is 1.95. The average molecular weight is 268 g/mol. The van der Waals surface area contributed by atoms with Crippen molar-refractivity contribution in [2.45, 2.75) is 0 Å². The third-order valence-corrected chi connectivity index (χ3v) is 7.42. The molecule has 0 radical (unpaired) electrons. The van der Waals surface area contributed by atoms with Gasteiger partial charge in [-0.05, 0) is 0 Å². The Labute approximate surface area is 67.0 Å². The maximum atomic E-state index is 4.94. The molecule has 0 rings (SSSR count). The molecule has 0 aromatic rings. The fraction of sp³-hybridized carbons (Fsp3) is 1.00. The van der Waals surface area contributed by atoms with Crippen molar-refractivity contribution in [2.75, 3.05) is 28.4 Å². The molecule has 0 unspecified atom stereocenters. The van der Waals surface area contributed by atoms with E-state index in [2.05, 4.69) is 0 Å². The van der Waals surface area contributed by atoms with E-state index in [9.17, 15) is 0 Å². The summed E-state index contributed by atoms with van der Waals surface area (Å²) in [7, 11) is 6.10. The van der Waals surface area contributed by atoms with Crippen LogP contribution in [0, 0.1) is 34.9 Å². The second-order valence-electron chi connectivity index (χ2n) is 1.32. The Balaban J connectivity index is 3.82. The van der Waals surface area contributed by atoms with Gasteiger partial charge in [0.15, 0.2) is 0 Å². The molecular weight excluding hydrogens is 256 g/mol. The Bertz CT molecular complexity index is 55.5. The number of rotatable bonds is 4. The maximum absolute atomic E-state index is 4.94. The molecule has 0 saturated heterocycles. The van der Waals surface area contributed by atoms with E-state index in [-0.39, 0.29) is 0 Å². The van der Waals surface area contributed by atoms with Gasteiger partial charge in [0.1, 0.15) is 0 Å². The second-order valence-corrected chi connectivity index (χ2v) is 9.76. The zero-order valence-electron chi connectivity index (χ0n) is 6.13. The van der Waals surface area contributed by atoms with Crippen molar-refractivity contribution in [1.82, 2.24) is 0 Å². The van der Waals surface area contributed by atoms with E-state index < -0.39 is 34.9 Å². The molecule has 0 aromatic heterocycles. The fourth-order valence-electron chi connectivity index (χ4n) is 0.500. The topological polar surface area (TPSA) is 36.9 Å². The quantitative estimate of drug-likeness (QED) is 0.739. The molecule has 9 heavy (non-hydrogen) atoms. The molecule has 0 fully saturated rings. The summed E-state index contributed by atoms with van der Waals surface area (Å²) in [5.41, 5.74) is 0. The van der Waals surface area contributed by atoms with Crippen LogP contribution in [0.25, 0.3) is 0 Å². The summed E-state index contributed by atoms with van der Waals surface area (Å²) >= 11 is -3.51. The molecule has 4 nitrogen and oxygen atoms in total. The molecule has 0 spiro atoms. The van der Waals surface area contributed by atoms with Crippen LogP contribution in [-0.4, -0.2) is 28.4 Å². The number of hydrogen-bond acceptors (Lipinski definition) is 4. The van der Waals surface area contributed by atoms with E-state index in [1.165, 1.54) is 28.4 Å². The predicted molar refractivity (Wildman–Crippen MR) is 28.0 cm³/mol. The molecule has 0 saturated carbocycles. The molecule has 0 bridgehead atoms. The van der Waals surface area contributed by atoms with Crippen molar-refractivity contribution in [3.05, 3.63) is 0 Å². The van der Waals surface area contributed by atoms with E-state index in [4.69, 9.17) is 4.26 Å². The van der Waals surface area contributed by atoms with Crippen molar-refractivity contribution in [1.29, 1.82) is 0 Å². The normalized spacial score (nSPS) is 12.0. The Morgan fingerprint density at radius 1 is 0.667 bits per heavy atom. The minimum absolute atomic E-state index is 1.53. The van der Waals surface area contributed by atoms with Gasteiger partial charge in [-0.3, -0.25) is 0 Å². The van der Waals surface area contributed by atoms with E-state index in [1.807, 2.05) is 0 Å². The summed E-state index contributed by atoms with van der Waals surface area (Å²) in [5, 5.41) is 0. The van der Waals surface area contributed by atoms with Crippen LogP contribution >= 0.6 is 0 Å². The summed E-state index contributed by atoms with van der Waals surface area (Å²) in [6.07, 6.45) is 0. The molecule has 0 heterocycles. The fourth-order valence-corrected chi connectivity index (χ4v) is 3.71. The summed E-state index contributed by atoms with van der Waals surface area (Å²) in [4.78, 5) is 0. The van der Waals surface area contributed by atoms with Crippen molar-refractivity contribution in [3.63, 3.8) is 0 Å². The SMILES string of the molecule is C[O][Nd]([O]C)([O]C)[O]C. The van der Waals surface area contributed by atoms with Crippen LogP contribution < -0.4 is 0 Å². The van der Waals surface area contributed by atoms with Crippen LogP contribution in [0.3, 0.4) is 0 Å².